The Morgan fingerprint density at radius 2 is 1.65 bits per heavy atom. The Hall–Kier alpha value is -3.77. The minimum Gasteiger partial charge on any atom is -0.339 e. The number of alkyl halides is 3. The predicted molar refractivity (Wildman–Crippen MR) is 121 cm³/mol. The molecule has 0 aliphatic carbocycles. The molecular formula is C24H27F4N4O5+. The number of nitrogens with zero attached hydrogens (tertiary/aromatic N) is 3. The van der Waals surface area contributed by atoms with Crippen LogP contribution in [0.5, 0.6) is 0 Å². The highest BCUT2D eigenvalue weighted by atomic mass is 19.4. The van der Waals surface area contributed by atoms with E-state index >= 15 is 0 Å². The first-order chi connectivity index (χ1) is 17.2. The van der Waals surface area contributed by atoms with E-state index in [1.807, 2.05) is 0 Å². The zero-order valence-corrected chi connectivity index (χ0v) is 20.7. The number of H-pyrrole nitrogens is 1. The van der Waals surface area contributed by atoms with Gasteiger partial charge in [0, 0.05) is 43.2 Å². The van der Waals surface area contributed by atoms with Crippen LogP contribution in [0.1, 0.15) is 46.6 Å². The molecule has 2 amide bonds. The zero-order valence-electron chi connectivity index (χ0n) is 20.7. The molecule has 1 N–H and O–H groups in total. The number of rotatable bonds is 5. The SMILES string of the molecule is Cc1c(C)c(=O)[nH][n+](OC(=O)C(F)(F)F)c1Cc1ccc(F)c(C(=O)N2CCN(C(=O)C(C)C)CC2)c1. The van der Waals surface area contributed by atoms with Crippen molar-refractivity contribution in [2.75, 3.05) is 26.2 Å². The molecule has 0 unspecified atom stereocenters. The summed E-state index contributed by atoms with van der Waals surface area (Å²) in [6.45, 7) is 7.51. The second kappa shape index (κ2) is 10.7. The Labute approximate surface area is 209 Å². The van der Waals surface area contributed by atoms with Gasteiger partial charge < -0.3 is 9.80 Å². The van der Waals surface area contributed by atoms with E-state index in [-0.39, 0.29) is 53.7 Å². The van der Waals surface area contributed by atoms with Crippen molar-refractivity contribution in [2.24, 2.45) is 5.92 Å². The summed E-state index contributed by atoms with van der Waals surface area (Å²) in [6, 6.07) is 3.65. The van der Waals surface area contributed by atoms with Gasteiger partial charge in [-0.3, -0.25) is 14.4 Å². The molecule has 1 aromatic heterocycles. The minimum absolute atomic E-state index is 0.000481. The number of piperazine rings is 1. The molecule has 1 fully saturated rings. The molecular weight excluding hydrogens is 500 g/mol. The minimum atomic E-state index is -5.31. The normalized spacial score (nSPS) is 14.2. The first-order valence-corrected chi connectivity index (χ1v) is 11.5. The van der Waals surface area contributed by atoms with Gasteiger partial charge in [0.25, 0.3) is 11.6 Å². The van der Waals surface area contributed by atoms with Crippen LogP contribution in [0.2, 0.25) is 0 Å². The number of carbonyl (C=O) groups is 3. The largest absolute Gasteiger partial charge is 0.498 e. The van der Waals surface area contributed by atoms with Gasteiger partial charge in [-0.1, -0.05) is 25.0 Å². The number of hydrogen-bond acceptors (Lipinski definition) is 5. The summed E-state index contributed by atoms with van der Waals surface area (Å²) in [4.78, 5) is 56.5. The van der Waals surface area contributed by atoms with Crippen LogP contribution in [0.25, 0.3) is 0 Å². The number of benzene rings is 1. The second-order valence-corrected chi connectivity index (χ2v) is 9.07. The molecule has 2 aromatic rings. The molecule has 37 heavy (non-hydrogen) atoms. The highest BCUT2D eigenvalue weighted by Crippen LogP contribution is 2.19. The van der Waals surface area contributed by atoms with Crippen molar-refractivity contribution in [3.63, 3.8) is 0 Å². The van der Waals surface area contributed by atoms with E-state index in [9.17, 15) is 36.7 Å². The Balaban J connectivity index is 1.87. The monoisotopic (exact) mass is 527 g/mol. The van der Waals surface area contributed by atoms with E-state index < -0.39 is 29.4 Å². The number of halogens is 4. The molecule has 3 rings (SSSR count). The molecule has 200 valence electrons. The molecule has 1 aliphatic rings. The maximum atomic E-state index is 14.6. The molecule has 9 nitrogen and oxygen atoms in total. The third-order valence-electron chi connectivity index (χ3n) is 6.20. The molecule has 0 spiro atoms. The number of hydrogen-bond donors (Lipinski definition) is 1. The quantitative estimate of drug-likeness (QED) is 0.469. The van der Waals surface area contributed by atoms with E-state index in [1.165, 1.54) is 30.9 Å². The summed E-state index contributed by atoms with van der Waals surface area (Å²) in [6.07, 6.45) is -5.50. The average molecular weight is 527 g/mol. The van der Waals surface area contributed by atoms with Gasteiger partial charge in [0.2, 0.25) is 5.91 Å². The van der Waals surface area contributed by atoms with Crippen molar-refractivity contribution in [2.45, 2.75) is 40.3 Å². The summed E-state index contributed by atoms with van der Waals surface area (Å²) in [5, 5.41) is 2.07. The molecule has 0 atom stereocenters. The van der Waals surface area contributed by atoms with Gasteiger partial charge in [0.05, 0.1) is 12.0 Å². The fourth-order valence-corrected chi connectivity index (χ4v) is 3.90. The van der Waals surface area contributed by atoms with Gasteiger partial charge >= 0.3 is 17.7 Å². The Morgan fingerprint density at radius 1 is 1.05 bits per heavy atom. The standard InChI is InChI=1S/C24H26F4N4O5/c1-13(2)21(34)30-7-9-31(10-8-30)22(35)17-11-16(5-6-18(17)25)12-19-14(3)15(4)20(33)29-32(19)37-23(36)24(26,27)28/h5-6,11,13H,7-10,12H2,1-4H3/p+1. The summed E-state index contributed by atoms with van der Waals surface area (Å²) >= 11 is 0. The average Bonchev–Trinajstić information content (AvgIpc) is 2.84. The van der Waals surface area contributed by atoms with E-state index in [2.05, 4.69) is 9.94 Å². The van der Waals surface area contributed by atoms with Crippen molar-refractivity contribution in [3.05, 3.63) is 62.3 Å². The van der Waals surface area contributed by atoms with Gasteiger partial charge in [0.1, 0.15) is 10.7 Å². The third kappa shape index (κ3) is 6.15. The number of aromatic amines is 1. The first-order valence-electron chi connectivity index (χ1n) is 11.5. The third-order valence-corrected chi connectivity index (χ3v) is 6.20. The van der Waals surface area contributed by atoms with Gasteiger partial charge in [0.15, 0.2) is 0 Å². The van der Waals surface area contributed by atoms with Gasteiger partial charge in [-0.25, -0.2) is 9.18 Å². The van der Waals surface area contributed by atoms with Crippen molar-refractivity contribution in [1.29, 1.82) is 0 Å². The van der Waals surface area contributed by atoms with Crippen LogP contribution < -0.4 is 15.2 Å². The maximum Gasteiger partial charge on any atom is 0.498 e. The lowest BCUT2D eigenvalue weighted by Crippen LogP contribution is -2.58. The van der Waals surface area contributed by atoms with Crippen LogP contribution in [0, 0.1) is 25.6 Å². The van der Waals surface area contributed by atoms with Crippen LogP contribution in [-0.4, -0.2) is 65.0 Å². The van der Waals surface area contributed by atoms with E-state index in [0.717, 1.165) is 6.07 Å². The summed E-state index contributed by atoms with van der Waals surface area (Å²) in [5.41, 5.74) is -0.256. The van der Waals surface area contributed by atoms with Crippen LogP contribution in [0.15, 0.2) is 23.0 Å². The van der Waals surface area contributed by atoms with Crippen molar-refractivity contribution >= 4 is 17.8 Å². The lowest BCUT2D eigenvalue weighted by atomic mass is 10.0. The fraction of sp³-hybridized carbons (Fsp3) is 0.458. The zero-order chi connectivity index (χ0) is 27.7. The van der Waals surface area contributed by atoms with Crippen molar-refractivity contribution in [3.8, 4) is 0 Å². The van der Waals surface area contributed by atoms with Crippen LogP contribution in [-0.2, 0) is 16.0 Å². The van der Waals surface area contributed by atoms with Crippen LogP contribution in [0.4, 0.5) is 17.6 Å². The Morgan fingerprint density at radius 3 is 2.22 bits per heavy atom. The van der Waals surface area contributed by atoms with Crippen molar-refractivity contribution in [1.82, 2.24) is 14.9 Å². The lowest BCUT2D eigenvalue weighted by Gasteiger charge is -2.35. The molecule has 1 aliphatic heterocycles. The fourth-order valence-electron chi connectivity index (χ4n) is 3.90. The number of nitrogens with one attached hydrogen (secondary N) is 1. The van der Waals surface area contributed by atoms with Gasteiger partial charge in [-0.15, -0.1) is 0 Å². The number of amides is 2. The molecule has 0 bridgehead atoms. The summed E-state index contributed by atoms with van der Waals surface area (Å²) in [5.74, 6) is -4.15. The first kappa shape index (κ1) is 27.8. The van der Waals surface area contributed by atoms with Crippen LogP contribution in [0.3, 0.4) is 0 Å². The van der Waals surface area contributed by atoms with E-state index in [0.29, 0.717) is 23.5 Å². The van der Waals surface area contributed by atoms with Gasteiger partial charge in [-0.05, 0) is 31.5 Å². The summed E-state index contributed by atoms with van der Waals surface area (Å²) < 4.78 is 52.9. The van der Waals surface area contributed by atoms with Gasteiger partial charge in [-0.2, -0.15) is 18.0 Å². The second-order valence-electron chi connectivity index (χ2n) is 9.07. The summed E-state index contributed by atoms with van der Waals surface area (Å²) in [7, 11) is 0. The Kier molecular flexibility index (Phi) is 8.03. The van der Waals surface area contributed by atoms with E-state index in [1.54, 1.807) is 18.7 Å². The lowest BCUT2D eigenvalue weighted by molar-refractivity contribution is -0.921. The number of carbonyl (C=O) groups excluding carboxylic acids is 3. The highest BCUT2D eigenvalue weighted by Gasteiger charge is 2.46. The highest BCUT2D eigenvalue weighted by molar-refractivity contribution is 5.95. The topological polar surface area (TPSA) is 104 Å². The molecule has 0 saturated carbocycles. The maximum absolute atomic E-state index is 14.6. The number of aromatic nitrogens is 2. The van der Waals surface area contributed by atoms with Crippen LogP contribution >= 0.6 is 0 Å². The molecule has 13 heteroatoms. The molecule has 0 radical (unpaired) electrons. The molecule has 1 aromatic carbocycles. The van der Waals surface area contributed by atoms with E-state index in [4.69, 9.17) is 0 Å². The predicted octanol–water partition coefficient (Wildman–Crippen LogP) is 1.47. The smallest absolute Gasteiger partial charge is 0.339 e. The molecule has 1 saturated heterocycles. The van der Waals surface area contributed by atoms with Crippen molar-refractivity contribution < 1.29 is 41.6 Å². The Bertz CT molecular complexity index is 1280. The molecule has 2 heterocycles.